The molecule has 0 bridgehead atoms. The quantitative estimate of drug-likeness (QED) is 0.667. The SMILES string of the molecule is COc1ccc2c(c1OC)C(=O)OC2[C@H]1c2c(c(C#N)c3c(c2OC)OCO3)CCN1C. The maximum absolute atomic E-state index is 12.9. The summed E-state index contributed by atoms with van der Waals surface area (Å²) in [6.45, 7) is 0.674. The van der Waals surface area contributed by atoms with Crippen molar-refractivity contribution >= 4 is 5.97 Å². The van der Waals surface area contributed by atoms with Gasteiger partial charge >= 0.3 is 5.97 Å². The lowest BCUT2D eigenvalue weighted by atomic mass is 9.83. The van der Waals surface area contributed by atoms with Gasteiger partial charge in [0.15, 0.2) is 23.0 Å². The van der Waals surface area contributed by atoms with Crippen molar-refractivity contribution in [2.45, 2.75) is 18.6 Å². The summed E-state index contributed by atoms with van der Waals surface area (Å²) >= 11 is 0. The predicted molar refractivity (Wildman–Crippen MR) is 111 cm³/mol. The molecule has 0 aromatic heterocycles. The third-order valence-electron chi connectivity index (χ3n) is 6.33. The molecule has 1 unspecified atom stereocenters. The van der Waals surface area contributed by atoms with E-state index < -0.39 is 18.1 Å². The maximum atomic E-state index is 12.9. The Hall–Kier alpha value is -3.64. The molecule has 3 heterocycles. The van der Waals surface area contributed by atoms with Crippen molar-refractivity contribution in [1.29, 1.82) is 5.26 Å². The van der Waals surface area contributed by atoms with Gasteiger partial charge in [-0.1, -0.05) is 6.07 Å². The van der Waals surface area contributed by atoms with Crippen LogP contribution in [-0.4, -0.2) is 52.6 Å². The van der Waals surface area contributed by atoms with Crippen molar-refractivity contribution < 1.29 is 33.2 Å². The molecular weight excluding hydrogens is 416 g/mol. The lowest BCUT2D eigenvalue weighted by Gasteiger charge is -2.38. The standard InChI is InChI=1S/C23H22N2O7/c1-25-8-7-11-13(9-24)19-22(31-10-30-19)21(29-4)15(11)17(25)18-12-5-6-14(27-2)20(28-3)16(12)23(26)32-18/h5-6,17-18H,7-8,10H2,1-4H3/t17-,18?/m1/s1. The second kappa shape index (κ2) is 7.50. The number of fused-ring (bicyclic) bond motifs is 3. The molecule has 0 radical (unpaired) electrons. The van der Waals surface area contributed by atoms with Crippen LogP contribution in [0.5, 0.6) is 28.7 Å². The maximum Gasteiger partial charge on any atom is 0.343 e. The van der Waals surface area contributed by atoms with E-state index in [0.717, 1.165) is 11.1 Å². The van der Waals surface area contributed by atoms with Crippen LogP contribution in [0.3, 0.4) is 0 Å². The molecule has 2 aromatic carbocycles. The van der Waals surface area contributed by atoms with Crippen molar-refractivity contribution in [3.8, 4) is 34.8 Å². The van der Waals surface area contributed by atoms with E-state index in [1.54, 1.807) is 13.2 Å². The number of rotatable bonds is 4. The van der Waals surface area contributed by atoms with Gasteiger partial charge in [-0.25, -0.2) is 4.79 Å². The van der Waals surface area contributed by atoms with Gasteiger partial charge in [0.05, 0.1) is 27.4 Å². The first kappa shape index (κ1) is 20.3. The van der Waals surface area contributed by atoms with Crippen molar-refractivity contribution in [3.05, 3.63) is 39.9 Å². The van der Waals surface area contributed by atoms with Gasteiger partial charge < -0.3 is 28.4 Å². The fourth-order valence-corrected chi connectivity index (χ4v) is 4.95. The van der Waals surface area contributed by atoms with Crippen LogP contribution in [0, 0.1) is 11.3 Å². The summed E-state index contributed by atoms with van der Waals surface area (Å²) in [5.74, 6) is 1.61. The number of hydrogen-bond donors (Lipinski definition) is 0. The summed E-state index contributed by atoms with van der Waals surface area (Å²) in [6.07, 6.45) is -0.0142. The number of nitrogens with zero attached hydrogens (tertiary/aromatic N) is 2. The van der Waals surface area contributed by atoms with Gasteiger partial charge in [-0.2, -0.15) is 5.26 Å². The molecule has 3 aliphatic heterocycles. The topological polar surface area (TPSA) is 99.5 Å². The minimum atomic E-state index is -0.637. The summed E-state index contributed by atoms with van der Waals surface area (Å²) in [5, 5.41) is 9.91. The highest BCUT2D eigenvalue weighted by atomic mass is 16.7. The van der Waals surface area contributed by atoms with Crippen LogP contribution >= 0.6 is 0 Å². The summed E-state index contributed by atoms with van der Waals surface area (Å²) < 4.78 is 33.8. The Morgan fingerprint density at radius 1 is 1.09 bits per heavy atom. The number of benzene rings is 2. The fraction of sp³-hybridized carbons (Fsp3) is 0.391. The lowest BCUT2D eigenvalue weighted by molar-refractivity contribution is 0.00872. The lowest BCUT2D eigenvalue weighted by Crippen LogP contribution is -2.36. The van der Waals surface area contributed by atoms with E-state index in [0.29, 0.717) is 58.4 Å². The van der Waals surface area contributed by atoms with Gasteiger partial charge in [-0.15, -0.1) is 0 Å². The normalized spacial score (nSPS) is 20.8. The summed E-state index contributed by atoms with van der Waals surface area (Å²) in [7, 11) is 6.52. The molecule has 2 aromatic rings. The molecule has 0 saturated heterocycles. The molecule has 9 nitrogen and oxygen atoms in total. The average Bonchev–Trinajstić information content (AvgIpc) is 3.41. The monoisotopic (exact) mass is 438 g/mol. The van der Waals surface area contributed by atoms with Crippen LogP contribution < -0.4 is 23.7 Å². The molecule has 0 aliphatic carbocycles. The summed E-state index contributed by atoms with van der Waals surface area (Å²) in [6, 6.07) is 5.44. The van der Waals surface area contributed by atoms with E-state index in [1.807, 2.05) is 13.1 Å². The number of carbonyl (C=O) groups is 1. The van der Waals surface area contributed by atoms with Gasteiger partial charge in [0.25, 0.3) is 0 Å². The van der Waals surface area contributed by atoms with Crippen LogP contribution in [0.1, 0.15) is 44.8 Å². The number of esters is 1. The van der Waals surface area contributed by atoms with Gasteiger partial charge in [0, 0.05) is 17.7 Å². The number of cyclic esters (lactones) is 1. The highest BCUT2D eigenvalue weighted by molar-refractivity contribution is 5.98. The smallest absolute Gasteiger partial charge is 0.343 e. The van der Waals surface area contributed by atoms with Gasteiger partial charge in [-0.3, -0.25) is 4.90 Å². The van der Waals surface area contributed by atoms with Gasteiger partial charge in [0.1, 0.15) is 23.3 Å². The molecule has 0 spiro atoms. The zero-order valence-electron chi connectivity index (χ0n) is 18.2. The van der Waals surface area contributed by atoms with E-state index >= 15 is 0 Å². The summed E-state index contributed by atoms with van der Waals surface area (Å²) in [5.41, 5.74) is 3.06. The Labute approximate surface area is 184 Å². The second-order valence-corrected chi connectivity index (χ2v) is 7.74. The molecule has 0 fully saturated rings. The van der Waals surface area contributed by atoms with Crippen molar-refractivity contribution in [2.24, 2.45) is 0 Å². The second-order valence-electron chi connectivity index (χ2n) is 7.74. The number of ether oxygens (including phenoxy) is 6. The molecule has 2 atom stereocenters. The average molecular weight is 438 g/mol. The fourth-order valence-electron chi connectivity index (χ4n) is 4.95. The van der Waals surface area contributed by atoms with Crippen molar-refractivity contribution in [3.63, 3.8) is 0 Å². The molecule has 0 N–H and O–H groups in total. The number of nitriles is 1. The van der Waals surface area contributed by atoms with Gasteiger partial charge in [0.2, 0.25) is 12.5 Å². The largest absolute Gasteiger partial charge is 0.493 e. The minimum absolute atomic E-state index is 0.0159. The number of carbonyl (C=O) groups excluding carboxylic acids is 1. The Bertz CT molecular complexity index is 1170. The van der Waals surface area contributed by atoms with E-state index in [-0.39, 0.29) is 6.79 Å². The Morgan fingerprint density at radius 3 is 2.53 bits per heavy atom. The molecule has 166 valence electrons. The number of likely N-dealkylation sites (N-methyl/N-ethyl adjacent to an activating group) is 1. The first-order valence-electron chi connectivity index (χ1n) is 10.1. The molecule has 9 heteroatoms. The Kier molecular flexibility index (Phi) is 4.75. The molecule has 0 saturated carbocycles. The van der Waals surface area contributed by atoms with Crippen LogP contribution in [0.15, 0.2) is 12.1 Å². The highest BCUT2D eigenvalue weighted by Crippen LogP contribution is 2.56. The number of hydrogen-bond acceptors (Lipinski definition) is 9. The Balaban J connectivity index is 1.74. The summed E-state index contributed by atoms with van der Waals surface area (Å²) in [4.78, 5) is 15.0. The zero-order valence-corrected chi connectivity index (χ0v) is 18.2. The third-order valence-corrected chi connectivity index (χ3v) is 6.33. The first-order valence-corrected chi connectivity index (χ1v) is 10.1. The van der Waals surface area contributed by atoms with E-state index in [2.05, 4.69) is 11.0 Å². The van der Waals surface area contributed by atoms with E-state index in [4.69, 9.17) is 28.4 Å². The molecule has 32 heavy (non-hydrogen) atoms. The molecule has 0 amide bonds. The number of methoxy groups -OCH3 is 3. The van der Waals surface area contributed by atoms with Crippen LogP contribution in [0.25, 0.3) is 0 Å². The molecule has 5 rings (SSSR count). The van der Waals surface area contributed by atoms with E-state index in [9.17, 15) is 10.1 Å². The predicted octanol–water partition coefficient (Wildman–Crippen LogP) is 2.75. The first-order chi connectivity index (χ1) is 15.5. The van der Waals surface area contributed by atoms with Crippen LogP contribution in [0.4, 0.5) is 0 Å². The van der Waals surface area contributed by atoms with E-state index in [1.165, 1.54) is 14.2 Å². The zero-order chi connectivity index (χ0) is 22.6. The van der Waals surface area contributed by atoms with Crippen LogP contribution in [0.2, 0.25) is 0 Å². The molecular formula is C23H22N2O7. The van der Waals surface area contributed by atoms with Crippen LogP contribution in [-0.2, 0) is 11.2 Å². The third kappa shape index (κ3) is 2.63. The minimum Gasteiger partial charge on any atom is -0.493 e. The highest BCUT2D eigenvalue weighted by Gasteiger charge is 2.47. The Morgan fingerprint density at radius 2 is 1.84 bits per heavy atom. The molecule has 3 aliphatic rings. The van der Waals surface area contributed by atoms with Crippen molar-refractivity contribution in [1.82, 2.24) is 4.90 Å². The van der Waals surface area contributed by atoms with Crippen molar-refractivity contribution in [2.75, 3.05) is 41.7 Å². The van der Waals surface area contributed by atoms with Gasteiger partial charge in [-0.05, 0) is 25.1 Å².